The highest BCUT2D eigenvalue weighted by Gasteiger charge is 2.36. The Bertz CT molecular complexity index is 4340. The Morgan fingerprint density at radius 2 is 0.796 bits per heavy atom. The van der Waals surface area contributed by atoms with Crippen molar-refractivity contribution in [2.75, 3.05) is 6.61 Å². The number of hydrogen-bond donors (Lipinski definition) is 0. The van der Waals surface area contributed by atoms with Crippen molar-refractivity contribution in [1.29, 1.82) is 0 Å². The summed E-state index contributed by atoms with van der Waals surface area (Å²) in [4.78, 5) is 13.4. The molecule has 0 bridgehead atoms. The lowest BCUT2D eigenvalue weighted by molar-refractivity contribution is 0.352. The second kappa shape index (κ2) is 37.6. The highest BCUT2D eigenvalue weighted by atomic mass is 32.1. The number of benzene rings is 7. The molecule has 0 amide bonds. The molecule has 12 aromatic rings. The van der Waals surface area contributed by atoms with E-state index in [2.05, 4.69) is 328 Å². The van der Waals surface area contributed by atoms with Crippen LogP contribution in [0.3, 0.4) is 0 Å². The van der Waals surface area contributed by atoms with Crippen molar-refractivity contribution in [3.05, 3.63) is 205 Å². The van der Waals surface area contributed by atoms with Crippen LogP contribution in [0.25, 0.3) is 53.4 Å². The van der Waals surface area contributed by atoms with E-state index in [9.17, 15) is 0 Å². The molecular formula is C96H134N6O3S2Si. The summed E-state index contributed by atoms with van der Waals surface area (Å²) >= 11 is 3.39. The molecule has 2 aliphatic rings. The van der Waals surface area contributed by atoms with Gasteiger partial charge in [0.2, 0.25) is 0 Å². The molecule has 7 heterocycles. The molecule has 0 spiro atoms. The molecule has 2 aliphatic heterocycles. The second-order valence-corrected chi connectivity index (χ2v) is 41.7. The number of thiazole rings is 1. The van der Waals surface area contributed by atoms with E-state index in [1.807, 2.05) is 24.2 Å². The molecule has 0 saturated heterocycles. The first-order chi connectivity index (χ1) is 50.9. The number of oxazole rings is 1. The fraction of sp³-hybridized carbons (Fsp3) is 0.510. The molecular weight excluding hydrogens is 1380 g/mol. The summed E-state index contributed by atoms with van der Waals surface area (Å²) in [6.07, 6.45) is 9.73. The smallest absolute Gasteiger partial charge is 0.182 e. The maximum atomic E-state index is 5.78. The maximum absolute atomic E-state index is 5.78. The standard InChI is InChI=1S/C16H26Si.C14H20N2.C14H20O.2C13H17NO.2C13H17NS/c1-11(2)13-7-8-14(12(3)4)16-15(13)9-10-17(16,5)6;1-9(2)11-6-7-12(10(3)4)14-13(11)15-8-16(14)5;1-9(2)11-5-6-12(10(3)4)14-13(11)7-8-15-14;1-8(2)10-5-6-11(9(3)4)13-12(10)14-7-15-13;1-8(2)10-5-6-11(9(3)4)13-12(10)7-14-15-13;1-8(2)10-5-6-11(9(3)4)13-12(10)14-7-15-13;1-8(2)10-5-6-11(9(3)4)13-12(10)7-14-15-13/h7-8,11-12H,9-10H2,1-6H3;6-10H,1-5H3;5-6,9-10H,7-8H2,1-4H3;4*5-9H,1-4H3. The van der Waals surface area contributed by atoms with Crippen LogP contribution in [-0.2, 0) is 19.9 Å². The predicted octanol–water partition coefficient (Wildman–Crippen LogP) is 29.3. The molecule has 0 unspecified atom stereocenters. The van der Waals surface area contributed by atoms with E-state index in [1.54, 1.807) is 51.1 Å². The zero-order valence-corrected chi connectivity index (χ0v) is 74.7. The molecule has 9 nitrogen and oxygen atoms in total. The van der Waals surface area contributed by atoms with Gasteiger partial charge in [0.15, 0.2) is 17.6 Å². The van der Waals surface area contributed by atoms with E-state index < -0.39 is 8.07 Å². The molecule has 12 heteroatoms. The van der Waals surface area contributed by atoms with Crippen LogP contribution in [0, 0.1) is 0 Å². The third-order valence-corrected chi connectivity index (χ3v) is 27.1. The lowest BCUT2D eigenvalue weighted by Gasteiger charge is -2.24. The van der Waals surface area contributed by atoms with Crippen molar-refractivity contribution in [1.82, 2.24) is 29.0 Å². The summed E-state index contributed by atoms with van der Waals surface area (Å²) < 4.78 is 25.8. The molecule has 14 rings (SSSR count). The zero-order valence-electron chi connectivity index (χ0n) is 72.1. The van der Waals surface area contributed by atoms with Gasteiger partial charge in [-0.3, -0.25) is 0 Å². The quantitative estimate of drug-likeness (QED) is 0.0992. The molecule has 0 radical (unpaired) electrons. The number of fused-ring (bicyclic) bond motifs is 7. The van der Waals surface area contributed by atoms with Crippen LogP contribution < -0.4 is 9.92 Å². The molecule has 0 N–H and O–H groups in total. The minimum absolute atomic E-state index is 0.474. The Balaban J connectivity index is 0.000000159. The van der Waals surface area contributed by atoms with Gasteiger partial charge in [0.25, 0.3) is 0 Å². The van der Waals surface area contributed by atoms with Gasteiger partial charge in [-0.25, -0.2) is 15.0 Å². The van der Waals surface area contributed by atoms with Crippen LogP contribution in [0.15, 0.2) is 124 Å². The molecule has 5 aromatic heterocycles. The van der Waals surface area contributed by atoms with Gasteiger partial charge in [0.05, 0.1) is 58.7 Å². The van der Waals surface area contributed by atoms with Gasteiger partial charge >= 0.3 is 0 Å². The normalized spacial score (nSPS) is 13.2. The number of nitrogens with zero attached hydrogens (tertiary/aromatic N) is 6. The number of imidazole rings is 1. The summed E-state index contributed by atoms with van der Waals surface area (Å²) in [6.45, 7) is 68.5. The summed E-state index contributed by atoms with van der Waals surface area (Å²) in [7, 11) is 0.929. The van der Waals surface area contributed by atoms with E-state index in [0.29, 0.717) is 82.9 Å². The minimum atomic E-state index is -1.15. The molecule has 0 atom stereocenters. The summed E-state index contributed by atoms with van der Waals surface area (Å²) in [5.41, 5.74) is 31.3. The lowest BCUT2D eigenvalue weighted by Crippen LogP contribution is -2.41. The Morgan fingerprint density at radius 1 is 0.380 bits per heavy atom. The van der Waals surface area contributed by atoms with Gasteiger partial charge < -0.3 is 18.2 Å². The fourth-order valence-corrected chi connectivity index (χ4v) is 21.0. The number of rotatable bonds is 14. The third kappa shape index (κ3) is 19.7. The van der Waals surface area contributed by atoms with E-state index in [-0.39, 0.29) is 0 Å². The second-order valence-electron chi connectivity index (χ2n) is 35.3. The highest BCUT2D eigenvalue weighted by molar-refractivity contribution is 7.17. The topological polar surface area (TPSA) is 105 Å². The van der Waals surface area contributed by atoms with Crippen molar-refractivity contribution < 1.29 is 13.7 Å². The number of aryl methyl sites for hydroxylation is 1. The minimum Gasteiger partial charge on any atom is -0.493 e. The van der Waals surface area contributed by atoms with Crippen LogP contribution in [0.5, 0.6) is 5.75 Å². The summed E-state index contributed by atoms with van der Waals surface area (Å²) in [6, 6.07) is 33.0. The van der Waals surface area contributed by atoms with Crippen molar-refractivity contribution in [2.45, 2.75) is 309 Å². The molecule has 7 aromatic carbocycles. The van der Waals surface area contributed by atoms with Gasteiger partial charge in [-0.15, -0.1) is 11.3 Å². The molecule has 0 aliphatic carbocycles. The van der Waals surface area contributed by atoms with Gasteiger partial charge in [-0.1, -0.05) is 302 Å². The number of aromatic nitrogens is 6. The van der Waals surface area contributed by atoms with Crippen LogP contribution in [0.2, 0.25) is 19.1 Å². The van der Waals surface area contributed by atoms with E-state index in [4.69, 9.17) is 13.7 Å². The van der Waals surface area contributed by atoms with Crippen molar-refractivity contribution in [3.63, 3.8) is 0 Å². The highest BCUT2D eigenvalue weighted by Crippen LogP contribution is 2.41. The first kappa shape index (κ1) is 86.3. The zero-order chi connectivity index (χ0) is 79.7. The van der Waals surface area contributed by atoms with Gasteiger partial charge in [0, 0.05) is 41.6 Å². The number of hydrogen-bond acceptors (Lipinski definition) is 10. The Labute approximate surface area is 660 Å². The van der Waals surface area contributed by atoms with Gasteiger partial charge in [-0.05, 0) is 185 Å². The Hall–Kier alpha value is -7.25. The Morgan fingerprint density at radius 3 is 1.32 bits per heavy atom. The third-order valence-electron chi connectivity index (χ3n) is 21.9. The van der Waals surface area contributed by atoms with Gasteiger partial charge in [0.1, 0.15) is 11.3 Å². The van der Waals surface area contributed by atoms with Crippen molar-refractivity contribution in [3.8, 4) is 5.75 Å². The van der Waals surface area contributed by atoms with Crippen LogP contribution in [0.4, 0.5) is 0 Å². The fourth-order valence-electron chi connectivity index (χ4n) is 15.7. The van der Waals surface area contributed by atoms with Crippen molar-refractivity contribution >= 4 is 89.5 Å². The van der Waals surface area contributed by atoms with Crippen LogP contribution >= 0.6 is 22.9 Å². The van der Waals surface area contributed by atoms with E-state index in [0.717, 1.165) is 35.1 Å². The van der Waals surface area contributed by atoms with Crippen LogP contribution in [-0.4, -0.2) is 43.7 Å². The first-order valence-electron chi connectivity index (χ1n) is 40.8. The average Bonchev–Trinajstić information content (AvgIpc) is 1.59. The first-order valence-corrected chi connectivity index (χ1v) is 45.6. The summed E-state index contributed by atoms with van der Waals surface area (Å²) in [5.74, 6) is 8.97. The molecule has 582 valence electrons. The predicted molar refractivity (Wildman–Crippen MR) is 473 cm³/mol. The summed E-state index contributed by atoms with van der Waals surface area (Å²) in [5, 5.41) is 8.23. The lowest BCUT2D eigenvalue weighted by atomic mass is 9.90. The van der Waals surface area contributed by atoms with E-state index in [1.165, 1.54) is 122 Å². The largest absolute Gasteiger partial charge is 0.493 e. The number of ether oxygens (including phenoxy) is 1. The SMILES string of the molecule is CC(C)c1ccc(C(C)C)c2c1CCO2.CC(C)c1ccc(C(C)C)c2c1CC[Si]2(C)C.CC(C)c1ccc(C(C)C)c2c1ncn2C.CC(C)c1ccc(C(C)C)c2ocnc12.CC(C)c1ccc(C(C)C)c2oncc12.CC(C)c1ccc(C(C)C)c2scnc12.CC(C)c1ccc(C(C)C)c2sncc12. The van der Waals surface area contributed by atoms with E-state index >= 15 is 0 Å². The average molecular weight is 1510 g/mol. The monoisotopic (exact) mass is 1510 g/mol. The molecule has 0 fully saturated rings. The maximum Gasteiger partial charge on any atom is 0.182 e. The van der Waals surface area contributed by atoms with Crippen LogP contribution in [0.1, 0.15) is 366 Å². The molecule has 108 heavy (non-hydrogen) atoms. The Kier molecular flexibility index (Phi) is 30.1. The molecule has 0 saturated carbocycles. The van der Waals surface area contributed by atoms with Crippen molar-refractivity contribution in [2.24, 2.45) is 7.05 Å². The van der Waals surface area contributed by atoms with Gasteiger partial charge in [-0.2, -0.15) is 4.37 Å².